The SMILES string of the molecule is CCOC(=O)C1CC1CN(C(=O)c1ccoc1)C(C)C. The lowest BCUT2D eigenvalue weighted by atomic mass is 10.2. The molecule has 0 radical (unpaired) electrons. The highest BCUT2D eigenvalue weighted by molar-refractivity contribution is 5.94. The summed E-state index contributed by atoms with van der Waals surface area (Å²) in [4.78, 5) is 25.8. The van der Waals surface area contributed by atoms with Crippen LogP contribution in [0.4, 0.5) is 0 Å². The summed E-state index contributed by atoms with van der Waals surface area (Å²) in [5.41, 5.74) is 0.548. The van der Waals surface area contributed by atoms with Gasteiger partial charge in [-0.05, 0) is 39.2 Å². The van der Waals surface area contributed by atoms with Gasteiger partial charge in [-0.25, -0.2) is 0 Å². The Morgan fingerprint density at radius 3 is 2.80 bits per heavy atom. The van der Waals surface area contributed by atoms with Crippen LogP contribution in [0.3, 0.4) is 0 Å². The van der Waals surface area contributed by atoms with Crippen molar-refractivity contribution in [1.82, 2.24) is 4.90 Å². The van der Waals surface area contributed by atoms with Crippen molar-refractivity contribution in [3.05, 3.63) is 24.2 Å². The topological polar surface area (TPSA) is 59.8 Å². The van der Waals surface area contributed by atoms with Gasteiger partial charge in [-0.2, -0.15) is 0 Å². The number of furan rings is 1. The fraction of sp³-hybridized carbons (Fsp3) is 0.600. The second-order valence-electron chi connectivity index (χ2n) is 5.42. The van der Waals surface area contributed by atoms with Crippen LogP contribution in [-0.4, -0.2) is 36.0 Å². The summed E-state index contributed by atoms with van der Waals surface area (Å²) in [5.74, 6) is -0.0270. The minimum atomic E-state index is -0.142. The zero-order chi connectivity index (χ0) is 14.7. The largest absolute Gasteiger partial charge is 0.472 e. The highest BCUT2D eigenvalue weighted by atomic mass is 16.5. The maximum atomic E-state index is 12.4. The van der Waals surface area contributed by atoms with E-state index >= 15 is 0 Å². The summed E-state index contributed by atoms with van der Waals surface area (Å²) in [6.45, 7) is 6.74. The van der Waals surface area contributed by atoms with Gasteiger partial charge in [0.2, 0.25) is 0 Å². The van der Waals surface area contributed by atoms with Gasteiger partial charge in [0.15, 0.2) is 0 Å². The van der Waals surface area contributed by atoms with Crippen molar-refractivity contribution < 1.29 is 18.7 Å². The van der Waals surface area contributed by atoms with Crippen molar-refractivity contribution in [2.45, 2.75) is 33.2 Å². The third-order valence-electron chi connectivity index (χ3n) is 3.60. The van der Waals surface area contributed by atoms with Gasteiger partial charge in [0.1, 0.15) is 6.26 Å². The molecule has 0 spiro atoms. The molecule has 0 aromatic carbocycles. The molecule has 1 aliphatic rings. The maximum Gasteiger partial charge on any atom is 0.309 e. The van der Waals surface area contributed by atoms with Gasteiger partial charge >= 0.3 is 5.97 Å². The molecular weight excluding hydrogens is 258 g/mol. The van der Waals surface area contributed by atoms with E-state index in [1.54, 1.807) is 17.9 Å². The molecule has 1 saturated carbocycles. The van der Waals surface area contributed by atoms with Crippen molar-refractivity contribution in [3.8, 4) is 0 Å². The number of hydrogen-bond donors (Lipinski definition) is 0. The summed E-state index contributed by atoms with van der Waals surface area (Å²) in [6, 6.07) is 1.74. The molecule has 1 amide bonds. The third-order valence-corrected chi connectivity index (χ3v) is 3.60. The Balaban J connectivity index is 1.95. The molecular formula is C15H21NO4. The van der Waals surface area contributed by atoms with E-state index in [-0.39, 0.29) is 29.8 Å². The minimum Gasteiger partial charge on any atom is -0.472 e. The van der Waals surface area contributed by atoms with E-state index in [0.29, 0.717) is 18.7 Å². The predicted octanol–water partition coefficient (Wildman–Crippen LogP) is 2.33. The smallest absolute Gasteiger partial charge is 0.309 e. The lowest BCUT2D eigenvalue weighted by Crippen LogP contribution is -2.38. The van der Waals surface area contributed by atoms with Crippen molar-refractivity contribution >= 4 is 11.9 Å². The number of carbonyl (C=O) groups is 2. The van der Waals surface area contributed by atoms with Crippen LogP contribution in [0.2, 0.25) is 0 Å². The Bertz CT molecular complexity index is 466. The summed E-state index contributed by atoms with van der Waals surface area (Å²) in [7, 11) is 0. The molecule has 110 valence electrons. The molecule has 20 heavy (non-hydrogen) atoms. The molecule has 1 aliphatic carbocycles. The average molecular weight is 279 g/mol. The number of carbonyl (C=O) groups excluding carboxylic acids is 2. The molecule has 2 atom stereocenters. The molecule has 5 nitrogen and oxygen atoms in total. The van der Waals surface area contributed by atoms with Crippen molar-refractivity contribution in [3.63, 3.8) is 0 Å². The highest BCUT2D eigenvalue weighted by Crippen LogP contribution is 2.40. The number of hydrogen-bond acceptors (Lipinski definition) is 4. The number of rotatable bonds is 6. The Labute approximate surface area is 118 Å². The van der Waals surface area contributed by atoms with Gasteiger partial charge in [-0.1, -0.05) is 0 Å². The number of ether oxygens (including phenoxy) is 1. The Kier molecular flexibility index (Phi) is 4.47. The van der Waals surface area contributed by atoms with E-state index in [1.165, 1.54) is 12.5 Å². The van der Waals surface area contributed by atoms with Crippen LogP contribution in [0.1, 0.15) is 37.6 Å². The molecule has 1 aromatic rings. The Morgan fingerprint density at radius 2 is 2.25 bits per heavy atom. The van der Waals surface area contributed by atoms with E-state index in [4.69, 9.17) is 9.15 Å². The maximum absolute atomic E-state index is 12.4. The zero-order valence-electron chi connectivity index (χ0n) is 12.2. The summed E-state index contributed by atoms with van der Waals surface area (Å²) >= 11 is 0. The van der Waals surface area contributed by atoms with Crippen LogP contribution < -0.4 is 0 Å². The first-order chi connectivity index (χ1) is 9.54. The monoisotopic (exact) mass is 279 g/mol. The van der Waals surface area contributed by atoms with Crippen LogP contribution in [0, 0.1) is 11.8 Å². The first kappa shape index (κ1) is 14.6. The number of nitrogens with zero attached hydrogens (tertiary/aromatic N) is 1. The van der Waals surface area contributed by atoms with Crippen molar-refractivity contribution in [1.29, 1.82) is 0 Å². The molecule has 1 aromatic heterocycles. The van der Waals surface area contributed by atoms with E-state index in [1.807, 2.05) is 13.8 Å². The van der Waals surface area contributed by atoms with Crippen LogP contribution in [0.5, 0.6) is 0 Å². The normalized spacial score (nSPS) is 20.8. The van der Waals surface area contributed by atoms with Gasteiger partial charge in [-0.15, -0.1) is 0 Å². The third kappa shape index (κ3) is 3.21. The molecule has 1 heterocycles. The second kappa shape index (κ2) is 6.11. The number of amides is 1. The number of esters is 1. The molecule has 0 saturated heterocycles. The zero-order valence-corrected chi connectivity index (χ0v) is 12.2. The fourth-order valence-electron chi connectivity index (χ4n) is 2.32. The van der Waals surface area contributed by atoms with Gasteiger partial charge in [0.05, 0.1) is 24.4 Å². The van der Waals surface area contributed by atoms with Gasteiger partial charge in [0.25, 0.3) is 5.91 Å². The molecule has 0 bridgehead atoms. The van der Waals surface area contributed by atoms with Gasteiger partial charge in [0, 0.05) is 12.6 Å². The summed E-state index contributed by atoms with van der Waals surface area (Å²) < 4.78 is 9.97. The van der Waals surface area contributed by atoms with E-state index in [2.05, 4.69) is 0 Å². The van der Waals surface area contributed by atoms with Crippen LogP contribution in [0.15, 0.2) is 23.0 Å². The second-order valence-corrected chi connectivity index (χ2v) is 5.42. The highest BCUT2D eigenvalue weighted by Gasteiger charge is 2.45. The molecule has 2 unspecified atom stereocenters. The van der Waals surface area contributed by atoms with Crippen LogP contribution in [0.25, 0.3) is 0 Å². The lowest BCUT2D eigenvalue weighted by Gasteiger charge is -2.26. The molecule has 1 fully saturated rings. The Morgan fingerprint density at radius 1 is 1.50 bits per heavy atom. The van der Waals surface area contributed by atoms with E-state index in [9.17, 15) is 9.59 Å². The first-order valence-corrected chi connectivity index (χ1v) is 7.04. The average Bonchev–Trinajstić information content (AvgIpc) is 2.96. The molecule has 0 aliphatic heterocycles. The summed E-state index contributed by atoms with van der Waals surface area (Å²) in [6.07, 6.45) is 3.75. The van der Waals surface area contributed by atoms with Gasteiger partial charge < -0.3 is 14.1 Å². The quantitative estimate of drug-likeness (QED) is 0.750. The Hall–Kier alpha value is -1.78. The molecule has 5 heteroatoms. The van der Waals surface area contributed by atoms with Crippen LogP contribution in [-0.2, 0) is 9.53 Å². The van der Waals surface area contributed by atoms with Crippen molar-refractivity contribution in [2.75, 3.05) is 13.2 Å². The summed E-state index contributed by atoms with van der Waals surface area (Å²) in [5, 5.41) is 0. The lowest BCUT2D eigenvalue weighted by molar-refractivity contribution is -0.145. The molecule has 2 rings (SSSR count). The van der Waals surface area contributed by atoms with Crippen LogP contribution >= 0.6 is 0 Å². The molecule has 0 N–H and O–H groups in total. The minimum absolute atomic E-state index is 0.0478. The van der Waals surface area contributed by atoms with E-state index < -0.39 is 0 Å². The predicted molar refractivity (Wildman–Crippen MR) is 73.1 cm³/mol. The van der Waals surface area contributed by atoms with Gasteiger partial charge in [-0.3, -0.25) is 9.59 Å². The standard InChI is InChI=1S/C15H21NO4/c1-4-20-15(18)13-7-12(13)8-16(10(2)3)14(17)11-5-6-19-9-11/h5-6,9-10,12-13H,4,7-8H2,1-3H3. The first-order valence-electron chi connectivity index (χ1n) is 7.04. The van der Waals surface area contributed by atoms with E-state index in [0.717, 1.165) is 6.42 Å². The fourth-order valence-corrected chi connectivity index (χ4v) is 2.32. The van der Waals surface area contributed by atoms with Crippen molar-refractivity contribution in [2.24, 2.45) is 11.8 Å².